The number of carbonyl (C=O) groups is 2. The molecule has 0 bridgehead atoms. The van der Waals surface area contributed by atoms with Crippen LogP contribution in [0.25, 0.3) is 0 Å². The van der Waals surface area contributed by atoms with Crippen molar-refractivity contribution < 1.29 is 9.59 Å². The van der Waals surface area contributed by atoms with Gasteiger partial charge in [0.1, 0.15) is 0 Å². The molecule has 0 aromatic heterocycles. The van der Waals surface area contributed by atoms with E-state index in [1.807, 2.05) is 60.7 Å². The molecule has 0 N–H and O–H groups in total. The molecule has 1 aliphatic carbocycles. The Bertz CT molecular complexity index is 532. The molecule has 2 unspecified atom stereocenters. The Hall–Kier alpha value is -2.22. The van der Waals surface area contributed by atoms with Gasteiger partial charge in [0, 0.05) is 0 Å². The van der Waals surface area contributed by atoms with Crippen LogP contribution in [0.4, 0.5) is 0 Å². The van der Waals surface area contributed by atoms with Crippen LogP contribution in [0.5, 0.6) is 0 Å². The molecule has 0 saturated heterocycles. The molecule has 1 fully saturated rings. The van der Waals surface area contributed by atoms with E-state index in [2.05, 4.69) is 0 Å². The van der Waals surface area contributed by atoms with Crippen molar-refractivity contribution in [1.29, 1.82) is 0 Å². The number of benzene rings is 2. The Morgan fingerprint density at radius 2 is 0.889 bits per heavy atom. The lowest BCUT2D eigenvalue weighted by molar-refractivity contribution is -0.146. The molecule has 0 heterocycles. The highest BCUT2D eigenvalue weighted by Crippen LogP contribution is 2.43. The summed E-state index contributed by atoms with van der Waals surface area (Å²) in [6, 6.07) is 19.0. The van der Waals surface area contributed by atoms with Crippen molar-refractivity contribution in [2.45, 2.75) is 11.8 Å². The highest BCUT2D eigenvalue weighted by atomic mass is 16.2. The molecule has 0 aliphatic heterocycles. The monoisotopic (exact) mass is 236 g/mol. The van der Waals surface area contributed by atoms with E-state index in [1.165, 1.54) is 0 Å². The average Bonchev–Trinajstić information content (AvgIpc) is 2.45. The van der Waals surface area contributed by atoms with Crippen molar-refractivity contribution in [2.24, 2.45) is 0 Å². The minimum atomic E-state index is -0.305. The second-order valence-electron chi connectivity index (χ2n) is 4.51. The fourth-order valence-electron chi connectivity index (χ4n) is 2.52. The van der Waals surface area contributed by atoms with Crippen molar-refractivity contribution in [3.05, 3.63) is 71.8 Å². The van der Waals surface area contributed by atoms with Crippen LogP contribution in [-0.2, 0) is 9.59 Å². The molecule has 2 nitrogen and oxygen atoms in total. The van der Waals surface area contributed by atoms with Crippen LogP contribution < -0.4 is 0 Å². The lowest BCUT2D eigenvalue weighted by Gasteiger charge is -2.33. The predicted molar refractivity (Wildman–Crippen MR) is 68.4 cm³/mol. The van der Waals surface area contributed by atoms with E-state index in [0.717, 1.165) is 11.1 Å². The SMILES string of the molecule is O=C1C(=O)C(c2ccccc2)C1c1ccccc1. The van der Waals surface area contributed by atoms with Gasteiger partial charge >= 0.3 is 0 Å². The van der Waals surface area contributed by atoms with E-state index in [0.29, 0.717) is 0 Å². The van der Waals surface area contributed by atoms with Gasteiger partial charge in [-0.1, -0.05) is 60.7 Å². The zero-order valence-electron chi connectivity index (χ0n) is 9.74. The second-order valence-corrected chi connectivity index (χ2v) is 4.51. The third-order valence-corrected chi connectivity index (χ3v) is 3.46. The van der Waals surface area contributed by atoms with Crippen molar-refractivity contribution in [1.82, 2.24) is 0 Å². The highest BCUT2D eigenvalue weighted by Gasteiger charge is 2.50. The van der Waals surface area contributed by atoms with Gasteiger partial charge in [-0.05, 0) is 11.1 Å². The molecular weight excluding hydrogens is 224 g/mol. The first-order chi connectivity index (χ1) is 8.79. The lowest BCUT2D eigenvalue weighted by atomic mass is 9.65. The van der Waals surface area contributed by atoms with Crippen LogP contribution in [-0.4, -0.2) is 11.6 Å². The summed E-state index contributed by atoms with van der Waals surface area (Å²) in [7, 11) is 0. The fourth-order valence-corrected chi connectivity index (χ4v) is 2.52. The molecule has 0 spiro atoms. The van der Waals surface area contributed by atoms with Crippen LogP contribution in [0.3, 0.4) is 0 Å². The van der Waals surface area contributed by atoms with Gasteiger partial charge in [0.05, 0.1) is 11.8 Å². The van der Waals surface area contributed by atoms with Gasteiger partial charge < -0.3 is 0 Å². The first kappa shape index (κ1) is 10.9. The van der Waals surface area contributed by atoms with Crippen LogP contribution in [0, 0.1) is 0 Å². The van der Waals surface area contributed by atoms with Gasteiger partial charge in [-0.25, -0.2) is 0 Å². The number of hydrogen-bond acceptors (Lipinski definition) is 2. The Labute approximate surface area is 105 Å². The fraction of sp³-hybridized carbons (Fsp3) is 0.125. The van der Waals surface area contributed by atoms with Gasteiger partial charge in [-0.3, -0.25) is 9.59 Å². The minimum absolute atomic E-state index is 0.268. The van der Waals surface area contributed by atoms with Crippen molar-refractivity contribution in [2.75, 3.05) is 0 Å². The highest BCUT2D eigenvalue weighted by molar-refractivity contribution is 6.49. The molecule has 3 rings (SSSR count). The first-order valence-corrected chi connectivity index (χ1v) is 5.97. The van der Waals surface area contributed by atoms with Gasteiger partial charge in [0.15, 0.2) is 0 Å². The Morgan fingerprint density at radius 3 is 1.22 bits per heavy atom. The van der Waals surface area contributed by atoms with Crippen LogP contribution in [0.15, 0.2) is 60.7 Å². The Kier molecular flexibility index (Phi) is 2.56. The summed E-state index contributed by atoms with van der Waals surface area (Å²) < 4.78 is 0. The molecule has 2 atom stereocenters. The second kappa shape index (κ2) is 4.22. The van der Waals surface area contributed by atoms with E-state index < -0.39 is 0 Å². The summed E-state index contributed by atoms with van der Waals surface area (Å²) in [4.78, 5) is 23.6. The van der Waals surface area contributed by atoms with E-state index in [9.17, 15) is 9.59 Å². The number of rotatable bonds is 2. The zero-order chi connectivity index (χ0) is 12.5. The number of carbonyl (C=O) groups excluding carboxylic acids is 2. The zero-order valence-corrected chi connectivity index (χ0v) is 9.74. The summed E-state index contributed by atoms with van der Waals surface area (Å²) in [6.45, 7) is 0. The standard InChI is InChI=1S/C16H12O2/c17-15-13(11-7-3-1-4-8-11)14(16(15)18)12-9-5-2-6-10-12/h1-10,13-14H. The van der Waals surface area contributed by atoms with E-state index in [4.69, 9.17) is 0 Å². The molecule has 2 aromatic carbocycles. The smallest absolute Gasteiger partial charge is 0.207 e. The molecule has 0 radical (unpaired) electrons. The lowest BCUT2D eigenvalue weighted by Crippen LogP contribution is -2.44. The molecule has 2 heteroatoms. The molecule has 18 heavy (non-hydrogen) atoms. The third-order valence-electron chi connectivity index (χ3n) is 3.46. The third kappa shape index (κ3) is 1.58. The van der Waals surface area contributed by atoms with Crippen LogP contribution >= 0.6 is 0 Å². The molecule has 1 saturated carbocycles. The Balaban J connectivity index is 2.00. The normalized spacial score (nSPS) is 22.7. The largest absolute Gasteiger partial charge is 0.290 e. The quantitative estimate of drug-likeness (QED) is 0.751. The Morgan fingerprint density at radius 1 is 0.556 bits per heavy atom. The molecule has 88 valence electrons. The summed E-state index contributed by atoms with van der Waals surface area (Å²) in [6.07, 6.45) is 0. The molecular formula is C16H12O2. The number of ketones is 2. The topological polar surface area (TPSA) is 34.1 Å². The molecule has 1 aliphatic rings. The maximum atomic E-state index is 11.8. The summed E-state index contributed by atoms with van der Waals surface area (Å²) >= 11 is 0. The number of Topliss-reactive ketones (excluding diaryl/α,β-unsaturated/α-hetero) is 2. The summed E-state index contributed by atoms with van der Waals surface area (Å²) in [5.74, 6) is -1.15. The van der Waals surface area contributed by atoms with E-state index in [1.54, 1.807) is 0 Å². The maximum absolute atomic E-state index is 11.8. The minimum Gasteiger partial charge on any atom is -0.290 e. The van der Waals surface area contributed by atoms with E-state index >= 15 is 0 Å². The van der Waals surface area contributed by atoms with Gasteiger partial charge in [0.2, 0.25) is 11.6 Å². The average molecular weight is 236 g/mol. The summed E-state index contributed by atoms with van der Waals surface area (Å²) in [5.41, 5.74) is 1.85. The molecule has 0 amide bonds. The van der Waals surface area contributed by atoms with Crippen molar-refractivity contribution in [3.8, 4) is 0 Å². The predicted octanol–water partition coefficient (Wildman–Crippen LogP) is 2.71. The van der Waals surface area contributed by atoms with Gasteiger partial charge in [0.25, 0.3) is 0 Å². The molecule has 2 aromatic rings. The van der Waals surface area contributed by atoms with E-state index in [-0.39, 0.29) is 23.4 Å². The van der Waals surface area contributed by atoms with Crippen molar-refractivity contribution in [3.63, 3.8) is 0 Å². The van der Waals surface area contributed by atoms with Gasteiger partial charge in [-0.15, -0.1) is 0 Å². The van der Waals surface area contributed by atoms with Crippen LogP contribution in [0.2, 0.25) is 0 Å². The van der Waals surface area contributed by atoms with Crippen molar-refractivity contribution >= 4 is 11.6 Å². The first-order valence-electron chi connectivity index (χ1n) is 5.97. The van der Waals surface area contributed by atoms with Gasteiger partial charge in [-0.2, -0.15) is 0 Å². The number of hydrogen-bond donors (Lipinski definition) is 0. The maximum Gasteiger partial charge on any atom is 0.207 e. The van der Waals surface area contributed by atoms with Crippen LogP contribution in [0.1, 0.15) is 23.0 Å². The summed E-state index contributed by atoms with van der Waals surface area (Å²) in [5, 5.41) is 0.